The number of aliphatic hydroxyl groups is 1. The van der Waals surface area contributed by atoms with Gasteiger partial charge < -0.3 is 5.11 Å². The van der Waals surface area contributed by atoms with Crippen molar-refractivity contribution in [1.82, 2.24) is 4.90 Å². The van der Waals surface area contributed by atoms with Crippen LogP contribution in [0.2, 0.25) is 5.02 Å². The molecule has 1 aromatic rings. The maximum absolute atomic E-state index is 9.91. The van der Waals surface area contributed by atoms with E-state index in [0.717, 1.165) is 24.5 Å². The molecule has 110 valence electrons. The Kier molecular flexibility index (Phi) is 4.46. The molecule has 1 aromatic carbocycles. The Labute approximate surface area is 127 Å². The Morgan fingerprint density at radius 1 is 1.30 bits per heavy atom. The van der Waals surface area contributed by atoms with Gasteiger partial charge in [0.05, 0.1) is 5.76 Å². The molecule has 1 fully saturated rings. The van der Waals surface area contributed by atoms with Gasteiger partial charge in [-0.1, -0.05) is 30.3 Å². The van der Waals surface area contributed by atoms with E-state index in [1.54, 1.807) is 0 Å². The quantitative estimate of drug-likeness (QED) is 0.805. The lowest BCUT2D eigenvalue weighted by atomic mass is 9.78. The summed E-state index contributed by atoms with van der Waals surface area (Å²) in [6, 6.07) is 7.97. The third-order valence-electron chi connectivity index (χ3n) is 4.29. The average Bonchev–Trinajstić information content (AvgIpc) is 2.37. The SMILES string of the molecule is C=C(O)C1CCN(C(C)(C)C)CC1c1ccc(Cl)cc1. The third-order valence-corrected chi connectivity index (χ3v) is 4.54. The Morgan fingerprint density at radius 3 is 2.40 bits per heavy atom. The van der Waals surface area contributed by atoms with Crippen LogP contribution in [0, 0.1) is 5.92 Å². The van der Waals surface area contributed by atoms with Crippen molar-refractivity contribution in [2.45, 2.75) is 38.6 Å². The van der Waals surface area contributed by atoms with E-state index in [4.69, 9.17) is 11.6 Å². The lowest BCUT2D eigenvalue weighted by molar-refractivity contribution is 0.0698. The Bertz CT molecular complexity index is 475. The molecule has 0 aliphatic carbocycles. The second kappa shape index (κ2) is 5.79. The first-order chi connectivity index (χ1) is 9.29. The first kappa shape index (κ1) is 15.4. The summed E-state index contributed by atoms with van der Waals surface area (Å²) in [6.45, 7) is 12.4. The fourth-order valence-corrected chi connectivity index (χ4v) is 3.13. The minimum Gasteiger partial charge on any atom is -0.513 e. The highest BCUT2D eigenvalue weighted by molar-refractivity contribution is 6.30. The van der Waals surface area contributed by atoms with Crippen LogP contribution in [0.1, 0.15) is 38.7 Å². The number of piperidine rings is 1. The molecular formula is C17H24ClNO. The zero-order chi connectivity index (χ0) is 14.9. The van der Waals surface area contributed by atoms with E-state index in [0.29, 0.717) is 5.76 Å². The van der Waals surface area contributed by atoms with Gasteiger partial charge in [-0.05, 0) is 51.4 Å². The molecular weight excluding hydrogens is 270 g/mol. The highest BCUT2D eigenvalue weighted by Crippen LogP contribution is 2.38. The first-order valence-corrected chi connectivity index (χ1v) is 7.55. The molecule has 0 spiro atoms. The number of aliphatic hydroxyl groups excluding tert-OH is 1. The van der Waals surface area contributed by atoms with Crippen molar-refractivity contribution >= 4 is 11.6 Å². The summed E-state index contributed by atoms with van der Waals surface area (Å²) in [6.07, 6.45) is 0.944. The van der Waals surface area contributed by atoms with Crippen LogP contribution in [0.25, 0.3) is 0 Å². The standard InChI is InChI=1S/C17H24ClNO/c1-12(20)15-9-10-19(17(2,3)4)11-16(15)13-5-7-14(18)8-6-13/h5-8,15-16,20H,1,9-11H2,2-4H3. The number of allylic oxidation sites excluding steroid dienone is 1. The average molecular weight is 294 g/mol. The molecule has 2 nitrogen and oxygen atoms in total. The number of halogens is 1. The smallest absolute Gasteiger partial charge is 0.0889 e. The largest absolute Gasteiger partial charge is 0.513 e. The highest BCUT2D eigenvalue weighted by Gasteiger charge is 2.35. The summed E-state index contributed by atoms with van der Waals surface area (Å²) >= 11 is 5.97. The van der Waals surface area contributed by atoms with Gasteiger partial charge in [0.1, 0.15) is 0 Å². The van der Waals surface area contributed by atoms with Gasteiger partial charge in [-0.3, -0.25) is 4.90 Å². The zero-order valence-electron chi connectivity index (χ0n) is 12.6. The maximum Gasteiger partial charge on any atom is 0.0889 e. The van der Waals surface area contributed by atoms with Crippen LogP contribution in [-0.2, 0) is 0 Å². The molecule has 0 radical (unpaired) electrons. The predicted molar refractivity (Wildman–Crippen MR) is 85.4 cm³/mol. The van der Waals surface area contributed by atoms with Crippen molar-refractivity contribution < 1.29 is 5.11 Å². The fraction of sp³-hybridized carbons (Fsp3) is 0.529. The molecule has 0 saturated carbocycles. The van der Waals surface area contributed by atoms with Crippen molar-refractivity contribution in [3.8, 4) is 0 Å². The van der Waals surface area contributed by atoms with Crippen molar-refractivity contribution in [2.24, 2.45) is 5.92 Å². The van der Waals surface area contributed by atoms with E-state index in [1.165, 1.54) is 5.56 Å². The topological polar surface area (TPSA) is 23.5 Å². The van der Waals surface area contributed by atoms with E-state index >= 15 is 0 Å². The number of benzene rings is 1. The zero-order valence-corrected chi connectivity index (χ0v) is 13.3. The van der Waals surface area contributed by atoms with Crippen LogP contribution >= 0.6 is 11.6 Å². The summed E-state index contributed by atoms with van der Waals surface area (Å²) in [5.74, 6) is 0.714. The monoisotopic (exact) mass is 293 g/mol. The molecule has 0 aromatic heterocycles. The lowest BCUT2D eigenvalue weighted by Crippen LogP contribution is -2.49. The van der Waals surface area contributed by atoms with E-state index in [1.807, 2.05) is 12.1 Å². The molecule has 1 aliphatic heterocycles. The summed E-state index contributed by atoms with van der Waals surface area (Å²) in [7, 11) is 0. The molecule has 0 amide bonds. The number of likely N-dealkylation sites (tertiary alicyclic amines) is 1. The highest BCUT2D eigenvalue weighted by atomic mass is 35.5. The Morgan fingerprint density at radius 2 is 1.90 bits per heavy atom. The molecule has 1 heterocycles. The molecule has 2 unspecified atom stereocenters. The van der Waals surface area contributed by atoms with Crippen molar-refractivity contribution in [1.29, 1.82) is 0 Å². The van der Waals surface area contributed by atoms with E-state index < -0.39 is 0 Å². The molecule has 0 bridgehead atoms. The molecule has 20 heavy (non-hydrogen) atoms. The second-order valence-corrected chi connectivity index (χ2v) is 7.10. The predicted octanol–water partition coefficient (Wildman–Crippen LogP) is 4.62. The van der Waals surface area contributed by atoms with Gasteiger partial charge in [-0.25, -0.2) is 0 Å². The van der Waals surface area contributed by atoms with Gasteiger partial charge in [0.2, 0.25) is 0 Å². The minimum absolute atomic E-state index is 0.134. The molecule has 1 aliphatic rings. The Balaban J connectivity index is 2.27. The van der Waals surface area contributed by atoms with Crippen molar-refractivity contribution in [2.75, 3.05) is 13.1 Å². The first-order valence-electron chi connectivity index (χ1n) is 7.17. The number of hydrogen-bond donors (Lipinski definition) is 1. The molecule has 1 saturated heterocycles. The number of rotatable bonds is 2. The van der Waals surface area contributed by atoms with E-state index in [-0.39, 0.29) is 17.4 Å². The number of nitrogens with zero attached hydrogens (tertiary/aromatic N) is 1. The second-order valence-electron chi connectivity index (χ2n) is 6.66. The summed E-state index contributed by atoms with van der Waals surface area (Å²) in [5.41, 5.74) is 1.37. The molecule has 2 atom stereocenters. The fourth-order valence-electron chi connectivity index (χ4n) is 3.01. The van der Waals surface area contributed by atoms with Gasteiger partial charge in [-0.2, -0.15) is 0 Å². The lowest BCUT2D eigenvalue weighted by Gasteiger charge is -2.45. The van der Waals surface area contributed by atoms with Crippen molar-refractivity contribution in [3.05, 3.63) is 47.2 Å². The van der Waals surface area contributed by atoms with Crippen LogP contribution in [0.5, 0.6) is 0 Å². The summed E-state index contributed by atoms with van der Waals surface area (Å²) in [4.78, 5) is 2.48. The van der Waals surface area contributed by atoms with Gasteiger partial charge in [-0.15, -0.1) is 0 Å². The van der Waals surface area contributed by atoms with Gasteiger partial charge in [0.15, 0.2) is 0 Å². The van der Waals surface area contributed by atoms with Crippen molar-refractivity contribution in [3.63, 3.8) is 0 Å². The molecule has 3 heteroatoms. The van der Waals surface area contributed by atoms with Gasteiger partial charge in [0.25, 0.3) is 0 Å². The summed E-state index contributed by atoms with van der Waals surface area (Å²) in [5, 5.41) is 10.7. The Hall–Kier alpha value is -0.990. The third kappa shape index (κ3) is 3.36. The van der Waals surface area contributed by atoms with E-state index in [2.05, 4.69) is 44.4 Å². The van der Waals surface area contributed by atoms with E-state index in [9.17, 15) is 5.11 Å². The minimum atomic E-state index is 0.134. The van der Waals surface area contributed by atoms with Gasteiger partial charge in [0, 0.05) is 28.9 Å². The summed E-state index contributed by atoms with van der Waals surface area (Å²) < 4.78 is 0. The maximum atomic E-state index is 9.91. The van der Waals surface area contributed by atoms with Crippen LogP contribution in [0.3, 0.4) is 0 Å². The van der Waals surface area contributed by atoms with Gasteiger partial charge >= 0.3 is 0 Å². The van der Waals surface area contributed by atoms with Crippen LogP contribution < -0.4 is 0 Å². The van der Waals surface area contributed by atoms with Crippen LogP contribution in [-0.4, -0.2) is 28.6 Å². The molecule has 1 N–H and O–H groups in total. The number of hydrogen-bond acceptors (Lipinski definition) is 2. The van der Waals surface area contributed by atoms with Crippen LogP contribution in [0.15, 0.2) is 36.6 Å². The van der Waals surface area contributed by atoms with Crippen LogP contribution in [0.4, 0.5) is 0 Å². The molecule has 2 rings (SSSR count). The normalized spacial score (nSPS) is 24.6.